The third-order valence-electron chi connectivity index (χ3n) is 4.35. The molecule has 0 aliphatic carbocycles. The average molecular weight is 356 g/mol. The molecule has 128 valence electrons. The van der Waals surface area contributed by atoms with Crippen molar-refractivity contribution in [2.24, 2.45) is 0 Å². The van der Waals surface area contributed by atoms with E-state index in [0.29, 0.717) is 0 Å². The van der Waals surface area contributed by atoms with Crippen LogP contribution in [0.1, 0.15) is 18.5 Å². The molecule has 1 unspecified atom stereocenters. The number of anilines is 1. The summed E-state index contributed by atoms with van der Waals surface area (Å²) in [5.41, 5.74) is 4.63. The number of benzene rings is 3. The molecular formula is C23H20N2S. The number of hydrogen-bond donors (Lipinski definition) is 1. The molecule has 0 amide bonds. The van der Waals surface area contributed by atoms with Crippen molar-refractivity contribution in [3.05, 3.63) is 96.6 Å². The smallest absolute Gasteiger partial charge is 0.184 e. The summed E-state index contributed by atoms with van der Waals surface area (Å²) in [5, 5.41) is 4.51. The Bertz CT molecular complexity index is 906. The van der Waals surface area contributed by atoms with Crippen LogP contribution in [0, 0.1) is 0 Å². The van der Waals surface area contributed by atoms with Gasteiger partial charge in [-0.25, -0.2) is 4.98 Å². The SMILES string of the molecule is CC(Nc1nc(-c2ccccc2)c(-c2ccccc2)s1)c1ccccc1. The second-order valence-corrected chi connectivity index (χ2v) is 7.20. The van der Waals surface area contributed by atoms with Crippen molar-refractivity contribution in [2.45, 2.75) is 13.0 Å². The van der Waals surface area contributed by atoms with Crippen molar-refractivity contribution in [1.29, 1.82) is 0 Å². The molecule has 26 heavy (non-hydrogen) atoms. The van der Waals surface area contributed by atoms with Crippen molar-refractivity contribution in [3.8, 4) is 21.7 Å². The van der Waals surface area contributed by atoms with Crippen LogP contribution in [0.2, 0.25) is 0 Å². The van der Waals surface area contributed by atoms with E-state index in [0.717, 1.165) is 16.4 Å². The van der Waals surface area contributed by atoms with Gasteiger partial charge in [-0.3, -0.25) is 0 Å². The Morgan fingerprint density at radius 3 is 1.88 bits per heavy atom. The first-order valence-corrected chi connectivity index (χ1v) is 9.56. The van der Waals surface area contributed by atoms with Crippen LogP contribution in [0.25, 0.3) is 21.7 Å². The molecule has 0 spiro atoms. The van der Waals surface area contributed by atoms with E-state index in [2.05, 4.69) is 85.0 Å². The minimum Gasteiger partial charge on any atom is -0.355 e. The molecule has 0 bridgehead atoms. The summed E-state index contributed by atoms with van der Waals surface area (Å²) in [6.45, 7) is 2.17. The number of nitrogens with one attached hydrogen (secondary N) is 1. The zero-order valence-electron chi connectivity index (χ0n) is 14.6. The van der Waals surface area contributed by atoms with E-state index in [1.807, 2.05) is 18.2 Å². The van der Waals surface area contributed by atoms with Crippen LogP contribution in [-0.4, -0.2) is 4.98 Å². The van der Waals surface area contributed by atoms with Gasteiger partial charge in [0.2, 0.25) is 0 Å². The Balaban J connectivity index is 1.72. The quantitative estimate of drug-likeness (QED) is 0.433. The predicted octanol–water partition coefficient (Wildman–Crippen LogP) is 6.65. The van der Waals surface area contributed by atoms with Gasteiger partial charge in [-0.05, 0) is 18.1 Å². The first kappa shape index (κ1) is 16.6. The molecular weight excluding hydrogens is 336 g/mol. The maximum Gasteiger partial charge on any atom is 0.184 e. The van der Waals surface area contributed by atoms with E-state index in [-0.39, 0.29) is 6.04 Å². The molecule has 1 N–H and O–H groups in total. The minimum absolute atomic E-state index is 0.203. The molecule has 3 heteroatoms. The van der Waals surface area contributed by atoms with E-state index >= 15 is 0 Å². The summed E-state index contributed by atoms with van der Waals surface area (Å²) < 4.78 is 0. The summed E-state index contributed by atoms with van der Waals surface area (Å²) in [4.78, 5) is 6.12. The van der Waals surface area contributed by atoms with Crippen molar-refractivity contribution < 1.29 is 0 Å². The molecule has 4 rings (SSSR count). The van der Waals surface area contributed by atoms with Gasteiger partial charge in [0.1, 0.15) is 0 Å². The minimum atomic E-state index is 0.203. The highest BCUT2D eigenvalue weighted by Crippen LogP contribution is 2.39. The average Bonchev–Trinajstić information content (AvgIpc) is 3.14. The Morgan fingerprint density at radius 2 is 1.27 bits per heavy atom. The lowest BCUT2D eigenvalue weighted by molar-refractivity contribution is 0.882. The fourth-order valence-corrected chi connectivity index (χ4v) is 4.05. The van der Waals surface area contributed by atoms with Crippen LogP contribution in [0.5, 0.6) is 0 Å². The van der Waals surface area contributed by atoms with Gasteiger partial charge in [0.05, 0.1) is 16.6 Å². The molecule has 0 aliphatic rings. The van der Waals surface area contributed by atoms with Crippen LogP contribution < -0.4 is 5.32 Å². The van der Waals surface area contributed by atoms with E-state index in [4.69, 9.17) is 4.98 Å². The molecule has 3 aromatic carbocycles. The molecule has 2 nitrogen and oxygen atoms in total. The monoisotopic (exact) mass is 356 g/mol. The van der Waals surface area contributed by atoms with Crippen LogP contribution in [0.3, 0.4) is 0 Å². The predicted molar refractivity (Wildman–Crippen MR) is 111 cm³/mol. The van der Waals surface area contributed by atoms with E-state index < -0.39 is 0 Å². The topological polar surface area (TPSA) is 24.9 Å². The van der Waals surface area contributed by atoms with E-state index in [1.54, 1.807) is 11.3 Å². The molecule has 0 aliphatic heterocycles. The number of rotatable bonds is 5. The molecule has 0 saturated heterocycles. The van der Waals surface area contributed by atoms with Crippen LogP contribution >= 0.6 is 11.3 Å². The van der Waals surface area contributed by atoms with Gasteiger partial charge in [-0.1, -0.05) is 102 Å². The number of aromatic nitrogens is 1. The fraction of sp³-hybridized carbons (Fsp3) is 0.0870. The summed E-state index contributed by atoms with van der Waals surface area (Å²) >= 11 is 1.71. The highest BCUT2D eigenvalue weighted by molar-refractivity contribution is 7.19. The summed E-state index contributed by atoms with van der Waals surface area (Å²) in [6, 6.07) is 31.5. The Labute approximate surface area is 158 Å². The normalized spacial score (nSPS) is 11.9. The standard InChI is InChI=1S/C23H20N2S/c1-17(18-11-5-2-6-12-18)24-23-25-21(19-13-7-3-8-14-19)22(26-23)20-15-9-4-10-16-20/h2-17H,1H3,(H,24,25). The Hall–Kier alpha value is -2.91. The third-order valence-corrected chi connectivity index (χ3v) is 5.39. The zero-order chi connectivity index (χ0) is 17.8. The van der Waals surface area contributed by atoms with Gasteiger partial charge in [0, 0.05) is 5.56 Å². The van der Waals surface area contributed by atoms with Gasteiger partial charge in [0.25, 0.3) is 0 Å². The largest absolute Gasteiger partial charge is 0.355 e. The van der Waals surface area contributed by atoms with Crippen LogP contribution in [0.15, 0.2) is 91.0 Å². The van der Waals surface area contributed by atoms with Crippen molar-refractivity contribution in [3.63, 3.8) is 0 Å². The number of nitrogens with zero attached hydrogens (tertiary/aromatic N) is 1. The number of thiazole rings is 1. The summed E-state index contributed by atoms with van der Waals surface area (Å²) in [5.74, 6) is 0. The lowest BCUT2D eigenvalue weighted by Crippen LogP contribution is -2.05. The van der Waals surface area contributed by atoms with Gasteiger partial charge in [0.15, 0.2) is 5.13 Å². The van der Waals surface area contributed by atoms with Gasteiger partial charge < -0.3 is 5.32 Å². The highest BCUT2D eigenvalue weighted by atomic mass is 32.1. The van der Waals surface area contributed by atoms with Gasteiger partial charge >= 0.3 is 0 Å². The zero-order valence-corrected chi connectivity index (χ0v) is 15.4. The fourth-order valence-electron chi connectivity index (χ4n) is 2.97. The summed E-state index contributed by atoms with van der Waals surface area (Å²) in [7, 11) is 0. The lowest BCUT2D eigenvalue weighted by Gasteiger charge is -2.12. The van der Waals surface area contributed by atoms with Crippen molar-refractivity contribution >= 4 is 16.5 Å². The van der Waals surface area contributed by atoms with Gasteiger partial charge in [-0.15, -0.1) is 0 Å². The maximum absolute atomic E-state index is 4.93. The first-order valence-electron chi connectivity index (χ1n) is 8.74. The Morgan fingerprint density at radius 1 is 0.731 bits per heavy atom. The van der Waals surface area contributed by atoms with Gasteiger partial charge in [-0.2, -0.15) is 0 Å². The highest BCUT2D eigenvalue weighted by Gasteiger charge is 2.16. The van der Waals surface area contributed by atoms with Crippen LogP contribution in [-0.2, 0) is 0 Å². The molecule has 0 saturated carbocycles. The lowest BCUT2D eigenvalue weighted by atomic mass is 10.1. The number of hydrogen-bond acceptors (Lipinski definition) is 3. The maximum atomic E-state index is 4.93. The first-order chi connectivity index (χ1) is 12.8. The van der Waals surface area contributed by atoms with Crippen molar-refractivity contribution in [2.75, 3.05) is 5.32 Å². The summed E-state index contributed by atoms with van der Waals surface area (Å²) in [6.07, 6.45) is 0. The second-order valence-electron chi connectivity index (χ2n) is 6.21. The molecule has 1 heterocycles. The molecule has 1 aromatic heterocycles. The molecule has 0 radical (unpaired) electrons. The van der Waals surface area contributed by atoms with E-state index in [1.165, 1.54) is 16.0 Å². The third kappa shape index (κ3) is 3.53. The molecule has 0 fully saturated rings. The Kier molecular flexibility index (Phi) is 4.80. The second kappa shape index (κ2) is 7.54. The molecule has 4 aromatic rings. The van der Waals surface area contributed by atoms with Crippen molar-refractivity contribution in [1.82, 2.24) is 4.98 Å². The van der Waals surface area contributed by atoms with Crippen LogP contribution in [0.4, 0.5) is 5.13 Å². The van der Waals surface area contributed by atoms with E-state index in [9.17, 15) is 0 Å². The molecule has 1 atom stereocenters.